The molecule has 0 aliphatic carbocycles. The molecule has 0 saturated heterocycles. The number of benzene rings is 1. The first-order valence-electron chi connectivity index (χ1n) is 5.35. The quantitative estimate of drug-likeness (QED) is 0.758. The molecule has 6 nitrogen and oxygen atoms in total. The molecule has 0 saturated carbocycles. The van der Waals surface area contributed by atoms with Gasteiger partial charge >= 0.3 is 11.9 Å². The second kappa shape index (κ2) is 6.48. The van der Waals surface area contributed by atoms with Crippen LogP contribution in [0.2, 0.25) is 0 Å². The van der Waals surface area contributed by atoms with Crippen LogP contribution in [-0.2, 0) is 16.0 Å². The number of carboxylic acids is 2. The van der Waals surface area contributed by atoms with Crippen LogP contribution in [-0.4, -0.2) is 35.4 Å². The van der Waals surface area contributed by atoms with Crippen LogP contribution >= 0.6 is 0 Å². The van der Waals surface area contributed by atoms with E-state index in [0.29, 0.717) is 17.9 Å². The van der Waals surface area contributed by atoms with Gasteiger partial charge in [-0.15, -0.1) is 0 Å². The number of aryl methyl sites for hydroxylation is 1. The van der Waals surface area contributed by atoms with Gasteiger partial charge in [0.15, 0.2) is 13.2 Å². The Morgan fingerprint density at radius 3 is 2.28 bits per heavy atom. The lowest BCUT2D eigenvalue weighted by atomic mass is 10.1. The summed E-state index contributed by atoms with van der Waals surface area (Å²) in [4.78, 5) is 20.8. The summed E-state index contributed by atoms with van der Waals surface area (Å²) < 4.78 is 10.1. The summed E-state index contributed by atoms with van der Waals surface area (Å²) in [6, 6.07) is 4.75. The van der Waals surface area contributed by atoms with E-state index < -0.39 is 25.2 Å². The van der Waals surface area contributed by atoms with Gasteiger partial charge in [0, 0.05) is 0 Å². The van der Waals surface area contributed by atoms with Crippen LogP contribution < -0.4 is 9.47 Å². The highest BCUT2D eigenvalue weighted by Gasteiger charge is 2.07. The van der Waals surface area contributed by atoms with Gasteiger partial charge in [-0.1, -0.05) is 6.92 Å². The van der Waals surface area contributed by atoms with Gasteiger partial charge in [0.25, 0.3) is 0 Å². The van der Waals surface area contributed by atoms with Crippen molar-refractivity contribution in [3.05, 3.63) is 23.8 Å². The van der Waals surface area contributed by atoms with Gasteiger partial charge in [-0.05, 0) is 30.2 Å². The number of carboxylic acid groups (broad SMARTS) is 2. The summed E-state index contributed by atoms with van der Waals surface area (Å²) >= 11 is 0. The van der Waals surface area contributed by atoms with E-state index in [1.807, 2.05) is 6.92 Å². The van der Waals surface area contributed by atoms with Gasteiger partial charge in [0.2, 0.25) is 0 Å². The van der Waals surface area contributed by atoms with Crippen molar-refractivity contribution in [2.45, 2.75) is 13.3 Å². The van der Waals surface area contributed by atoms with E-state index in [2.05, 4.69) is 0 Å². The molecule has 6 heteroatoms. The predicted octanol–water partition coefficient (Wildman–Crippen LogP) is 1.18. The Balaban J connectivity index is 2.75. The van der Waals surface area contributed by atoms with Gasteiger partial charge in [-0.2, -0.15) is 0 Å². The average Bonchev–Trinajstić information content (AvgIpc) is 2.34. The number of aliphatic carboxylic acids is 2. The molecule has 1 aromatic carbocycles. The van der Waals surface area contributed by atoms with Crippen molar-refractivity contribution < 1.29 is 29.3 Å². The lowest BCUT2D eigenvalue weighted by Gasteiger charge is -2.11. The normalized spacial score (nSPS) is 9.83. The molecule has 0 aliphatic rings. The Morgan fingerprint density at radius 2 is 1.72 bits per heavy atom. The monoisotopic (exact) mass is 254 g/mol. The fraction of sp³-hybridized carbons (Fsp3) is 0.333. The molecule has 2 N–H and O–H groups in total. The predicted molar refractivity (Wildman–Crippen MR) is 62.1 cm³/mol. The van der Waals surface area contributed by atoms with Crippen molar-refractivity contribution in [2.75, 3.05) is 13.2 Å². The molecule has 18 heavy (non-hydrogen) atoms. The summed E-state index contributed by atoms with van der Waals surface area (Å²) in [6.45, 7) is 1.05. The Morgan fingerprint density at radius 1 is 1.11 bits per heavy atom. The first-order valence-corrected chi connectivity index (χ1v) is 5.35. The minimum absolute atomic E-state index is 0.414. The van der Waals surface area contributed by atoms with E-state index in [4.69, 9.17) is 19.7 Å². The number of carbonyl (C=O) groups is 2. The zero-order valence-electron chi connectivity index (χ0n) is 9.88. The van der Waals surface area contributed by atoms with Crippen molar-refractivity contribution >= 4 is 11.9 Å². The van der Waals surface area contributed by atoms with Gasteiger partial charge in [0.05, 0.1) is 0 Å². The average molecular weight is 254 g/mol. The molecule has 0 amide bonds. The SMILES string of the molecule is CCc1cc(OCC(=O)O)ccc1OCC(=O)O. The van der Waals surface area contributed by atoms with Crippen molar-refractivity contribution in [3.63, 3.8) is 0 Å². The van der Waals surface area contributed by atoms with E-state index in [1.165, 1.54) is 0 Å². The Hall–Kier alpha value is -2.24. The van der Waals surface area contributed by atoms with Crippen LogP contribution in [0.3, 0.4) is 0 Å². The third-order valence-electron chi connectivity index (χ3n) is 2.13. The molecule has 0 spiro atoms. The number of hydrogen-bond acceptors (Lipinski definition) is 4. The number of rotatable bonds is 7. The summed E-state index contributed by atoms with van der Waals surface area (Å²) in [7, 11) is 0. The first kappa shape index (κ1) is 13.8. The van der Waals surface area contributed by atoms with Crippen LogP contribution in [0.15, 0.2) is 18.2 Å². The van der Waals surface area contributed by atoms with Crippen molar-refractivity contribution in [1.29, 1.82) is 0 Å². The zero-order valence-corrected chi connectivity index (χ0v) is 9.88. The molecule has 1 rings (SSSR count). The minimum atomic E-state index is -1.06. The van der Waals surface area contributed by atoms with Crippen LogP contribution in [0.4, 0.5) is 0 Å². The maximum Gasteiger partial charge on any atom is 0.341 e. The van der Waals surface area contributed by atoms with Gasteiger partial charge in [0.1, 0.15) is 11.5 Å². The molecular formula is C12H14O6. The Bertz CT molecular complexity index is 440. The summed E-state index contributed by atoms with van der Waals surface area (Å²) in [5, 5.41) is 17.0. The molecule has 0 heterocycles. The largest absolute Gasteiger partial charge is 0.482 e. The number of hydrogen-bond donors (Lipinski definition) is 2. The minimum Gasteiger partial charge on any atom is -0.482 e. The van der Waals surface area contributed by atoms with Gasteiger partial charge < -0.3 is 19.7 Å². The first-order chi connectivity index (χ1) is 8.52. The van der Waals surface area contributed by atoms with Crippen molar-refractivity contribution in [1.82, 2.24) is 0 Å². The molecule has 0 bridgehead atoms. The smallest absolute Gasteiger partial charge is 0.341 e. The molecule has 0 radical (unpaired) electrons. The molecule has 0 unspecified atom stereocenters. The second-order valence-corrected chi connectivity index (χ2v) is 3.49. The Labute approximate surface area is 104 Å². The summed E-state index contributed by atoms with van der Waals surface area (Å²) in [5.41, 5.74) is 0.763. The topological polar surface area (TPSA) is 93.1 Å². The molecule has 0 aromatic heterocycles. The molecule has 0 fully saturated rings. The van der Waals surface area contributed by atoms with Crippen molar-refractivity contribution in [3.8, 4) is 11.5 Å². The fourth-order valence-corrected chi connectivity index (χ4v) is 1.35. The summed E-state index contributed by atoms with van der Waals surface area (Å²) in [6.07, 6.45) is 0.624. The lowest BCUT2D eigenvalue weighted by molar-refractivity contribution is -0.140. The Kier molecular flexibility index (Phi) is 4.98. The third-order valence-corrected chi connectivity index (χ3v) is 2.13. The molecule has 98 valence electrons. The van der Waals surface area contributed by atoms with Gasteiger partial charge in [-0.3, -0.25) is 0 Å². The van der Waals surface area contributed by atoms with Crippen LogP contribution in [0.25, 0.3) is 0 Å². The molecular weight excluding hydrogens is 240 g/mol. The van der Waals surface area contributed by atoms with Crippen LogP contribution in [0.1, 0.15) is 12.5 Å². The van der Waals surface area contributed by atoms with E-state index in [9.17, 15) is 9.59 Å². The van der Waals surface area contributed by atoms with E-state index in [0.717, 1.165) is 5.56 Å². The summed E-state index contributed by atoms with van der Waals surface area (Å²) in [5.74, 6) is -1.23. The number of ether oxygens (including phenoxy) is 2. The van der Waals surface area contributed by atoms with Crippen LogP contribution in [0.5, 0.6) is 11.5 Å². The van der Waals surface area contributed by atoms with E-state index in [1.54, 1.807) is 18.2 Å². The van der Waals surface area contributed by atoms with Gasteiger partial charge in [-0.25, -0.2) is 9.59 Å². The van der Waals surface area contributed by atoms with Crippen molar-refractivity contribution in [2.24, 2.45) is 0 Å². The zero-order chi connectivity index (χ0) is 13.5. The fourth-order valence-electron chi connectivity index (χ4n) is 1.35. The molecule has 0 atom stereocenters. The van der Waals surface area contributed by atoms with Crippen LogP contribution in [0, 0.1) is 0 Å². The second-order valence-electron chi connectivity index (χ2n) is 3.49. The lowest BCUT2D eigenvalue weighted by Crippen LogP contribution is -2.11. The standard InChI is InChI=1S/C12H14O6/c1-2-8-5-9(17-6-11(13)14)3-4-10(8)18-7-12(15)16/h3-5H,2,6-7H2,1H3,(H,13,14)(H,15,16). The highest BCUT2D eigenvalue weighted by Crippen LogP contribution is 2.24. The highest BCUT2D eigenvalue weighted by molar-refractivity contribution is 5.69. The highest BCUT2D eigenvalue weighted by atomic mass is 16.5. The van der Waals surface area contributed by atoms with E-state index >= 15 is 0 Å². The van der Waals surface area contributed by atoms with E-state index in [-0.39, 0.29) is 0 Å². The molecule has 0 aliphatic heterocycles. The maximum atomic E-state index is 10.4. The maximum absolute atomic E-state index is 10.4. The molecule has 1 aromatic rings. The third kappa shape index (κ3) is 4.32.